The van der Waals surface area contributed by atoms with Crippen molar-refractivity contribution >= 4 is 11.8 Å². The molecule has 1 aromatic heterocycles. The lowest BCUT2D eigenvalue weighted by atomic mass is 10.1. The zero-order chi connectivity index (χ0) is 14.6. The number of Topliss-reactive ketones (excluding diaryl/α,β-unsaturated/α-hetero) is 1. The molecule has 106 valence electrons. The van der Waals surface area contributed by atoms with Crippen LogP contribution in [0.25, 0.3) is 0 Å². The Morgan fingerprint density at radius 3 is 2.47 bits per heavy atom. The van der Waals surface area contributed by atoms with Crippen LogP contribution in [-0.4, -0.2) is 28.1 Å². The summed E-state index contributed by atoms with van der Waals surface area (Å²) in [6.07, 6.45) is 0.170. The molecule has 0 spiro atoms. The summed E-state index contributed by atoms with van der Waals surface area (Å²) in [4.78, 5) is 22.4. The van der Waals surface area contributed by atoms with Crippen molar-refractivity contribution in [3.8, 4) is 0 Å². The summed E-state index contributed by atoms with van der Waals surface area (Å²) < 4.78 is 6.81. The minimum atomic E-state index is -0.384. The van der Waals surface area contributed by atoms with E-state index < -0.39 is 0 Å². The molecule has 0 bridgehead atoms. The van der Waals surface area contributed by atoms with Gasteiger partial charge in [-0.2, -0.15) is 5.10 Å². The Bertz CT molecular complexity index is 475. The second kappa shape index (κ2) is 6.50. The molecule has 1 heterocycles. The Morgan fingerprint density at radius 2 is 1.95 bits per heavy atom. The second-order valence-electron chi connectivity index (χ2n) is 5.26. The highest BCUT2D eigenvalue weighted by atomic mass is 16.5. The third kappa shape index (κ3) is 4.50. The van der Waals surface area contributed by atoms with Crippen LogP contribution in [-0.2, 0) is 27.3 Å². The smallest absolute Gasteiger partial charge is 0.310 e. The molecule has 0 N–H and O–H groups in total. The van der Waals surface area contributed by atoms with Gasteiger partial charge < -0.3 is 4.74 Å². The number of ketones is 1. The first-order valence-electron chi connectivity index (χ1n) is 6.49. The Morgan fingerprint density at radius 1 is 1.32 bits per heavy atom. The molecular formula is C14H22N2O3. The van der Waals surface area contributed by atoms with Crippen LogP contribution in [0.15, 0.2) is 0 Å². The van der Waals surface area contributed by atoms with Gasteiger partial charge in [-0.15, -0.1) is 0 Å². The molecule has 0 saturated heterocycles. The first kappa shape index (κ1) is 15.4. The molecule has 0 unspecified atom stereocenters. The topological polar surface area (TPSA) is 61.2 Å². The number of esters is 1. The highest BCUT2D eigenvalue weighted by molar-refractivity contribution is 5.81. The lowest BCUT2D eigenvalue weighted by Gasteiger charge is -2.08. The van der Waals surface area contributed by atoms with Crippen LogP contribution in [0.2, 0.25) is 0 Å². The Labute approximate surface area is 113 Å². The SMILES string of the molecule is CC(=O)COC(=O)Cc1c(C)nn(CC(C)C)c1C. The number of carbonyl (C=O) groups is 2. The number of ether oxygens (including phenoxy) is 1. The van der Waals surface area contributed by atoms with Gasteiger partial charge in [0, 0.05) is 17.8 Å². The van der Waals surface area contributed by atoms with Crippen molar-refractivity contribution < 1.29 is 14.3 Å². The highest BCUT2D eigenvalue weighted by Crippen LogP contribution is 2.15. The summed E-state index contributed by atoms with van der Waals surface area (Å²) >= 11 is 0. The Hall–Kier alpha value is -1.65. The van der Waals surface area contributed by atoms with Crippen molar-refractivity contribution in [2.24, 2.45) is 5.92 Å². The molecule has 0 aliphatic rings. The maximum atomic E-state index is 11.6. The van der Waals surface area contributed by atoms with Crippen molar-refractivity contribution in [1.29, 1.82) is 0 Å². The largest absolute Gasteiger partial charge is 0.457 e. The number of aromatic nitrogens is 2. The molecule has 0 aliphatic heterocycles. The van der Waals surface area contributed by atoms with E-state index in [4.69, 9.17) is 4.74 Å². The molecule has 0 aliphatic carbocycles. The van der Waals surface area contributed by atoms with Crippen molar-refractivity contribution in [3.05, 3.63) is 17.0 Å². The lowest BCUT2D eigenvalue weighted by Crippen LogP contribution is -2.14. The van der Waals surface area contributed by atoms with Gasteiger partial charge in [0.05, 0.1) is 12.1 Å². The highest BCUT2D eigenvalue weighted by Gasteiger charge is 2.16. The molecule has 0 radical (unpaired) electrons. The summed E-state index contributed by atoms with van der Waals surface area (Å²) in [5.74, 6) is -0.0432. The molecule has 0 fully saturated rings. The van der Waals surface area contributed by atoms with Gasteiger partial charge in [-0.3, -0.25) is 14.3 Å². The number of hydrogen-bond donors (Lipinski definition) is 0. The fraction of sp³-hybridized carbons (Fsp3) is 0.643. The molecule has 19 heavy (non-hydrogen) atoms. The predicted octanol–water partition coefficient (Wildman–Crippen LogP) is 1.83. The van der Waals surface area contributed by atoms with Crippen molar-refractivity contribution in [2.75, 3.05) is 6.61 Å². The predicted molar refractivity (Wildman–Crippen MR) is 71.9 cm³/mol. The summed E-state index contributed by atoms with van der Waals surface area (Å²) in [6.45, 7) is 10.2. The van der Waals surface area contributed by atoms with Gasteiger partial charge in [0.2, 0.25) is 0 Å². The van der Waals surface area contributed by atoms with Crippen LogP contribution in [0.5, 0.6) is 0 Å². The molecule has 0 amide bonds. The van der Waals surface area contributed by atoms with Crippen LogP contribution in [0.1, 0.15) is 37.7 Å². The molecule has 0 aromatic carbocycles. The van der Waals surface area contributed by atoms with E-state index in [-0.39, 0.29) is 24.8 Å². The van der Waals surface area contributed by atoms with Gasteiger partial charge in [-0.1, -0.05) is 13.8 Å². The zero-order valence-electron chi connectivity index (χ0n) is 12.3. The van der Waals surface area contributed by atoms with Gasteiger partial charge in [-0.05, 0) is 26.7 Å². The quantitative estimate of drug-likeness (QED) is 0.737. The average Bonchev–Trinajstić information content (AvgIpc) is 2.53. The lowest BCUT2D eigenvalue weighted by molar-refractivity contribution is -0.146. The average molecular weight is 266 g/mol. The second-order valence-corrected chi connectivity index (χ2v) is 5.26. The van der Waals surface area contributed by atoms with Crippen LogP contribution >= 0.6 is 0 Å². The molecule has 0 atom stereocenters. The minimum absolute atomic E-state index is 0.155. The molecule has 5 heteroatoms. The molecule has 1 rings (SSSR count). The van der Waals surface area contributed by atoms with E-state index in [9.17, 15) is 9.59 Å². The van der Waals surface area contributed by atoms with E-state index in [1.54, 1.807) is 0 Å². The number of aryl methyl sites for hydroxylation is 1. The van der Waals surface area contributed by atoms with Crippen molar-refractivity contribution in [3.63, 3.8) is 0 Å². The molecular weight excluding hydrogens is 244 g/mol. The number of hydrogen-bond acceptors (Lipinski definition) is 4. The van der Waals surface area contributed by atoms with Gasteiger partial charge in [0.15, 0.2) is 5.78 Å². The van der Waals surface area contributed by atoms with Crippen LogP contribution in [0.4, 0.5) is 0 Å². The monoisotopic (exact) mass is 266 g/mol. The van der Waals surface area contributed by atoms with E-state index in [1.807, 2.05) is 18.5 Å². The van der Waals surface area contributed by atoms with Gasteiger partial charge in [0.1, 0.15) is 6.61 Å². The summed E-state index contributed by atoms with van der Waals surface area (Å²) in [5, 5.41) is 4.44. The summed E-state index contributed by atoms with van der Waals surface area (Å²) in [5.41, 5.74) is 2.73. The number of nitrogens with zero attached hydrogens (tertiary/aromatic N) is 2. The first-order chi connectivity index (χ1) is 8.81. The van der Waals surface area contributed by atoms with Crippen LogP contribution in [0.3, 0.4) is 0 Å². The van der Waals surface area contributed by atoms with Crippen molar-refractivity contribution in [1.82, 2.24) is 9.78 Å². The van der Waals surface area contributed by atoms with Gasteiger partial charge in [0.25, 0.3) is 0 Å². The van der Waals surface area contributed by atoms with Crippen LogP contribution in [0, 0.1) is 19.8 Å². The van der Waals surface area contributed by atoms with Crippen molar-refractivity contribution in [2.45, 2.75) is 47.6 Å². The van der Waals surface area contributed by atoms with E-state index in [0.29, 0.717) is 5.92 Å². The number of rotatable bonds is 6. The molecule has 0 saturated carbocycles. The normalized spacial score (nSPS) is 10.8. The van der Waals surface area contributed by atoms with Gasteiger partial charge >= 0.3 is 5.97 Å². The maximum Gasteiger partial charge on any atom is 0.310 e. The van der Waals surface area contributed by atoms with Crippen LogP contribution < -0.4 is 0 Å². The maximum absolute atomic E-state index is 11.6. The zero-order valence-corrected chi connectivity index (χ0v) is 12.3. The standard InChI is InChI=1S/C14H22N2O3/c1-9(2)7-16-12(5)13(11(4)15-16)6-14(18)19-8-10(3)17/h9H,6-8H2,1-5H3. The van der Waals surface area contributed by atoms with E-state index in [0.717, 1.165) is 23.5 Å². The van der Waals surface area contributed by atoms with Gasteiger partial charge in [-0.25, -0.2) is 0 Å². The fourth-order valence-electron chi connectivity index (χ4n) is 1.89. The Balaban J connectivity index is 2.75. The third-order valence-corrected chi connectivity index (χ3v) is 2.83. The number of carbonyl (C=O) groups excluding carboxylic acids is 2. The first-order valence-corrected chi connectivity index (χ1v) is 6.49. The summed E-state index contributed by atoms with van der Waals surface area (Å²) in [7, 11) is 0. The third-order valence-electron chi connectivity index (χ3n) is 2.83. The summed E-state index contributed by atoms with van der Waals surface area (Å²) in [6, 6.07) is 0. The molecule has 1 aromatic rings. The van der Waals surface area contributed by atoms with E-state index in [2.05, 4.69) is 18.9 Å². The molecule has 5 nitrogen and oxygen atoms in total. The Kier molecular flexibility index (Phi) is 5.27. The van der Waals surface area contributed by atoms with E-state index >= 15 is 0 Å². The fourth-order valence-corrected chi connectivity index (χ4v) is 1.89. The van der Waals surface area contributed by atoms with E-state index in [1.165, 1.54) is 6.92 Å². The minimum Gasteiger partial charge on any atom is -0.457 e.